The third-order valence-electron chi connectivity index (χ3n) is 3.83. The van der Waals surface area contributed by atoms with Crippen molar-refractivity contribution in [2.24, 2.45) is 11.8 Å². The van der Waals surface area contributed by atoms with E-state index in [2.05, 4.69) is 33.0 Å². The summed E-state index contributed by atoms with van der Waals surface area (Å²) in [6.45, 7) is 9.97. The third-order valence-corrected chi connectivity index (χ3v) is 3.83. The van der Waals surface area contributed by atoms with E-state index in [0.29, 0.717) is 12.1 Å². The molecule has 13 heavy (non-hydrogen) atoms. The van der Waals surface area contributed by atoms with E-state index in [4.69, 9.17) is 4.74 Å². The lowest BCUT2D eigenvalue weighted by atomic mass is 9.94. The zero-order valence-corrected chi connectivity index (χ0v) is 9.13. The van der Waals surface area contributed by atoms with E-state index in [1.54, 1.807) is 0 Å². The number of hydrogen-bond donors (Lipinski definition) is 1. The van der Waals surface area contributed by atoms with Crippen molar-refractivity contribution in [2.45, 2.75) is 51.9 Å². The van der Waals surface area contributed by atoms with E-state index in [1.807, 2.05) is 0 Å². The van der Waals surface area contributed by atoms with Crippen LogP contribution in [0.5, 0.6) is 0 Å². The predicted molar refractivity (Wildman–Crippen MR) is 53.7 cm³/mol. The fraction of sp³-hybridized carbons (Fsp3) is 1.00. The first-order valence-corrected chi connectivity index (χ1v) is 5.44. The molecule has 0 spiro atoms. The van der Waals surface area contributed by atoms with Crippen LogP contribution in [0.15, 0.2) is 0 Å². The van der Waals surface area contributed by atoms with Crippen LogP contribution in [0.1, 0.15) is 34.1 Å². The molecule has 76 valence electrons. The summed E-state index contributed by atoms with van der Waals surface area (Å²) in [5.74, 6) is 1.65. The molecule has 5 unspecified atom stereocenters. The van der Waals surface area contributed by atoms with E-state index in [-0.39, 0.29) is 5.60 Å². The summed E-state index contributed by atoms with van der Waals surface area (Å²) in [6, 6.07) is 0.502. The number of morpholine rings is 1. The zero-order valence-electron chi connectivity index (χ0n) is 9.13. The Morgan fingerprint density at radius 3 is 2.38 bits per heavy atom. The summed E-state index contributed by atoms with van der Waals surface area (Å²) >= 11 is 0. The summed E-state index contributed by atoms with van der Waals surface area (Å²) in [5, 5.41) is 3.54. The number of hydrogen-bond acceptors (Lipinski definition) is 2. The zero-order chi connectivity index (χ0) is 9.64. The van der Waals surface area contributed by atoms with Crippen LogP contribution >= 0.6 is 0 Å². The lowest BCUT2D eigenvalue weighted by Crippen LogP contribution is -2.57. The molecule has 2 rings (SSSR count). The largest absolute Gasteiger partial charge is 0.369 e. The van der Waals surface area contributed by atoms with Crippen LogP contribution in [0.25, 0.3) is 0 Å². The van der Waals surface area contributed by atoms with Gasteiger partial charge < -0.3 is 10.1 Å². The van der Waals surface area contributed by atoms with Crippen LogP contribution < -0.4 is 5.32 Å². The molecule has 1 aliphatic carbocycles. The summed E-state index contributed by atoms with van der Waals surface area (Å²) in [4.78, 5) is 0. The van der Waals surface area contributed by atoms with Crippen LogP contribution in [0.2, 0.25) is 0 Å². The monoisotopic (exact) mass is 183 g/mol. The molecule has 2 heteroatoms. The smallest absolute Gasteiger partial charge is 0.0813 e. The Morgan fingerprint density at radius 1 is 1.31 bits per heavy atom. The van der Waals surface area contributed by atoms with Crippen LogP contribution in [-0.2, 0) is 4.74 Å². The highest BCUT2D eigenvalue weighted by atomic mass is 16.5. The highest BCUT2D eigenvalue weighted by Crippen LogP contribution is 2.48. The lowest BCUT2D eigenvalue weighted by Gasteiger charge is -2.42. The van der Waals surface area contributed by atoms with Gasteiger partial charge in [0.2, 0.25) is 0 Å². The van der Waals surface area contributed by atoms with Crippen molar-refractivity contribution in [3.8, 4) is 0 Å². The lowest BCUT2D eigenvalue weighted by molar-refractivity contribution is -0.128. The molecule has 1 aliphatic heterocycles. The van der Waals surface area contributed by atoms with Gasteiger partial charge >= 0.3 is 0 Å². The molecule has 1 N–H and O–H groups in total. The van der Waals surface area contributed by atoms with Gasteiger partial charge in [-0.2, -0.15) is 0 Å². The molecule has 0 aromatic rings. The quantitative estimate of drug-likeness (QED) is 0.669. The SMILES string of the molecule is CC1CC1C1(C)CNC(C)C(C)O1. The van der Waals surface area contributed by atoms with Crippen LogP contribution in [-0.4, -0.2) is 24.3 Å². The molecular weight excluding hydrogens is 162 g/mol. The van der Waals surface area contributed by atoms with Gasteiger partial charge in [-0.15, -0.1) is 0 Å². The van der Waals surface area contributed by atoms with Crippen molar-refractivity contribution in [1.82, 2.24) is 5.32 Å². The fourth-order valence-electron chi connectivity index (χ4n) is 2.49. The van der Waals surface area contributed by atoms with Crippen LogP contribution in [0.4, 0.5) is 0 Å². The summed E-state index contributed by atoms with van der Waals surface area (Å²) in [5.41, 5.74) is 0.103. The fourth-order valence-corrected chi connectivity index (χ4v) is 2.49. The second-order valence-electron chi connectivity index (χ2n) is 5.12. The Labute approximate surface area is 81.0 Å². The van der Waals surface area contributed by atoms with Gasteiger partial charge in [-0.3, -0.25) is 0 Å². The van der Waals surface area contributed by atoms with Crippen molar-refractivity contribution >= 4 is 0 Å². The molecule has 2 fully saturated rings. The van der Waals surface area contributed by atoms with Gasteiger partial charge in [0, 0.05) is 12.6 Å². The van der Waals surface area contributed by atoms with Crippen LogP contribution in [0, 0.1) is 11.8 Å². The first kappa shape index (κ1) is 9.47. The Balaban J connectivity index is 2.00. The normalized spacial score (nSPS) is 56.3. The number of ether oxygens (including phenoxy) is 1. The Hall–Kier alpha value is -0.0800. The third kappa shape index (κ3) is 1.62. The molecule has 2 aliphatic rings. The average molecular weight is 183 g/mol. The molecule has 2 nitrogen and oxygen atoms in total. The molecule has 0 aromatic carbocycles. The van der Waals surface area contributed by atoms with Gasteiger partial charge in [-0.1, -0.05) is 6.92 Å². The molecule has 0 aromatic heterocycles. The summed E-state index contributed by atoms with van der Waals surface area (Å²) < 4.78 is 6.12. The molecule has 1 saturated heterocycles. The Kier molecular flexibility index (Phi) is 2.16. The molecule has 0 radical (unpaired) electrons. The highest BCUT2D eigenvalue weighted by molar-refractivity contribution is 5.02. The minimum absolute atomic E-state index is 0.103. The van der Waals surface area contributed by atoms with Crippen LogP contribution in [0.3, 0.4) is 0 Å². The van der Waals surface area contributed by atoms with E-state index < -0.39 is 0 Å². The van der Waals surface area contributed by atoms with Crippen molar-refractivity contribution in [1.29, 1.82) is 0 Å². The van der Waals surface area contributed by atoms with E-state index in [0.717, 1.165) is 18.4 Å². The van der Waals surface area contributed by atoms with E-state index in [9.17, 15) is 0 Å². The second-order valence-corrected chi connectivity index (χ2v) is 5.12. The van der Waals surface area contributed by atoms with Crippen molar-refractivity contribution in [2.75, 3.05) is 6.54 Å². The van der Waals surface area contributed by atoms with Crippen molar-refractivity contribution < 1.29 is 4.74 Å². The number of rotatable bonds is 1. The van der Waals surface area contributed by atoms with E-state index >= 15 is 0 Å². The van der Waals surface area contributed by atoms with Gasteiger partial charge in [0.05, 0.1) is 11.7 Å². The summed E-state index contributed by atoms with van der Waals surface area (Å²) in [7, 11) is 0. The maximum absolute atomic E-state index is 6.12. The number of nitrogens with one attached hydrogen (secondary N) is 1. The van der Waals surface area contributed by atoms with Gasteiger partial charge in [0.25, 0.3) is 0 Å². The van der Waals surface area contributed by atoms with Crippen molar-refractivity contribution in [3.63, 3.8) is 0 Å². The molecule has 5 atom stereocenters. The first-order chi connectivity index (χ1) is 6.03. The molecule has 0 amide bonds. The van der Waals surface area contributed by atoms with Gasteiger partial charge in [0.15, 0.2) is 0 Å². The predicted octanol–water partition coefficient (Wildman–Crippen LogP) is 1.80. The first-order valence-electron chi connectivity index (χ1n) is 5.44. The molecular formula is C11H21NO. The van der Waals surface area contributed by atoms with Gasteiger partial charge in [-0.25, -0.2) is 0 Å². The molecule has 1 saturated carbocycles. The minimum atomic E-state index is 0.103. The summed E-state index contributed by atoms with van der Waals surface area (Å²) in [6.07, 6.45) is 1.70. The van der Waals surface area contributed by atoms with Gasteiger partial charge in [-0.05, 0) is 39.0 Å². The topological polar surface area (TPSA) is 21.3 Å². The van der Waals surface area contributed by atoms with Gasteiger partial charge in [0.1, 0.15) is 0 Å². The van der Waals surface area contributed by atoms with Crippen molar-refractivity contribution in [3.05, 3.63) is 0 Å². The maximum atomic E-state index is 6.12. The average Bonchev–Trinajstić information content (AvgIpc) is 2.77. The minimum Gasteiger partial charge on any atom is -0.369 e. The molecule has 0 bridgehead atoms. The molecule has 1 heterocycles. The second kappa shape index (κ2) is 2.96. The Morgan fingerprint density at radius 2 is 1.92 bits per heavy atom. The Bertz CT molecular complexity index is 206. The van der Waals surface area contributed by atoms with E-state index in [1.165, 1.54) is 6.42 Å². The maximum Gasteiger partial charge on any atom is 0.0813 e. The highest BCUT2D eigenvalue weighted by Gasteiger charge is 2.50. The standard InChI is InChI=1S/C11H21NO/c1-7-5-10(7)11(4)6-12-8(2)9(3)13-11/h7-10,12H,5-6H2,1-4H3.